The lowest BCUT2D eigenvalue weighted by Crippen LogP contribution is -2.41. The van der Waals surface area contributed by atoms with Crippen LogP contribution in [0.2, 0.25) is 0 Å². The molecular formula is C12H18N2O3S2. The van der Waals surface area contributed by atoms with Crippen molar-refractivity contribution in [3.63, 3.8) is 0 Å². The van der Waals surface area contributed by atoms with Crippen LogP contribution in [0.5, 0.6) is 5.75 Å². The minimum atomic E-state index is -3.52. The molecule has 1 saturated heterocycles. The lowest BCUT2D eigenvalue weighted by Gasteiger charge is -2.30. The van der Waals surface area contributed by atoms with Gasteiger partial charge in [0.1, 0.15) is 10.6 Å². The number of sulfonamides is 1. The Kier molecular flexibility index (Phi) is 4.27. The largest absolute Gasteiger partial charge is 0.495 e. The molecule has 1 atom stereocenters. The first-order chi connectivity index (χ1) is 8.95. The van der Waals surface area contributed by atoms with Gasteiger partial charge in [-0.1, -0.05) is 6.92 Å². The minimum absolute atomic E-state index is 0.184. The molecule has 1 fully saturated rings. The van der Waals surface area contributed by atoms with Crippen LogP contribution in [-0.2, 0) is 10.0 Å². The summed E-state index contributed by atoms with van der Waals surface area (Å²) in [6.07, 6.45) is 0. The van der Waals surface area contributed by atoms with E-state index in [-0.39, 0.29) is 4.90 Å². The van der Waals surface area contributed by atoms with Gasteiger partial charge in [-0.2, -0.15) is 16.1 Å². The molecule has 2 N–H and O–H groups in total. The number of hydrogen-bond donors (Lipinski definition) is 1. The third-order valence-electron chi connectivity index (χ3n) is 3.01. The summed E-state index contributed by atoms with van der Waals surface area (Å²) in [6, 6.07) is 4.63. The average Bonchev–Trinajstić information content (AvgIpc) is 2.38. The molecule has 0 radical (unpaired) electrons. The molecule has 0 saturated carbocycles. The van der Waals surface area contributed by atoms with Crippen molar-refractivity contribution >= 4 is 27.5 Å². The van der Waals surface area contributed by atoms with Gasteiger partial charge < -0.3 is 10.5 Å². The van der Waals surface area contributed by atoms with E-state index in [9.17, 15) is 8.42 Å². The summed E-state index contributed by atoms with van der Waals surface area (Å²) < 4.78 is 31.9. The lowest BCUT2D eigenvalue weighted by molar-refractivity contribution is 0.392. The van der Waals surface area contributed by atoms with Crippen LogP contribution >= 0.6 is 11.8 Å². The summed E-state index contributed by atoms with van der Waals surface area (Å²) in [7, 11) is -2.07. The Bertz CT molecular complexity index is 560. The van der Waals surface area contributed by atoms with Gasteiger partial charge in [-0.25, -0.2) is 8.42 Å². The van der Waals surface area contributed by atoms with Crippen LogP contribution in [0.15, 0.2) is 23.1 Å². The van der Waals surface area contributed by atoms with E-state index >= 15 is 0 Å². The molecule has 1 unspecified atom stereocenters. The predicted molar refractivity (Wildman–Crippen MR) is 78.1 cm³/mol. The molecule has 0 aromatic heterocycles. The fourth-order valence-corrected chi connectivity index (χ4v) is 4.93. The molecule has 0 bridgehead atoms. The molecule has 7 heteroatoms. The van der Waals surface area contributed by atoms with Gasteiger partial charge in [-0.3, -0.25) is 0 Å². The van der Waals surface area contributed by atoms with E-state index in [4.69, 9.17) is 10.5 Å². The zero-order valence-electron chi connectivity index (χ0n) is 11.0. The van der Waals surface area contributed by atoms with Crippen molar-refractivity contribution in [3.05, 3.63) is 18.2 Å². The van der Waals surface area contributed by atoms with Crippen molar-refractivity contribution in [3.8, 4) is 5.75 Å². The molecule has 1 aromatic carbocycles. The normalized spacial score (nSPS) is 21.3. The van der Waals surface area contributed by atoms with Gasteiger partial charge in [0.25, 0.3) is 0 Å². The van der Waals surface area contributed by atoms with E-state index in [0.29, 0.717) is 29.8 Å². The average molecular weight is 302 g/mol. The number of methoxy groups -OCH3 is 1. The maximum Gasteiger partial charge on any atom is 0.246 e. The number of nitrogens with two attached hydrogens (primary N) is 1. The van der Waals surface area contributed by atoms with Crippen molar-refractivity contribution < 1.29 is 13.2 Å². The number of anilines is 1. The first-order valence-electron chi connectivity index (χ1n) is 6.00. The van der Waals surface area contributed by atoms with Gasteiger partial charge in [-0.05, 0) is 12.1 Å². The van der Waals surface area contributed by atoms with Crippen molar-refractivity contribution in [1.82, 2.24) is 4.31 Å². The number of thioether (sulfide) groups is 1. The highest BCUT2D eigenvalue weighted by Crippen LogP contribution is 2.31. The summed E-state index contributed by atoms with van der Waals surface area (Å²) in [4.78, 5) is 0.184. The molecule has 1 heterocycles. The van der Waals surface area contributed by atoms with Crippen molar-refractivity contribution in [2.45, 2.75) is 17.1 Å². The Hall–Kier alpha value is -0.920. The highest BCUT2D eigenvalue weighted by molar-refractivity contribution is 8.00. The van der Waals surface area contributed by atoms with Gasteiger partial charge in [0, 0.05) is 35.8 Å². The maximum absolute atomic E-state index is 12.6. The Morgan fingerprint density at radius 3 is 2.84 bits per heavy atom. The highest BCUT2D eigenvalue weighted by Gasteiger charge is 2.31. The summed E-state index contributed by atoms with van der Waals surface area (Å²) in [5.41, 5.74) is 6.14. The van der Waals surface area contributed by atoms with Crippen molar-refractivity contribution in [2.24, 2.45) is 0 Å². The van der Waals surface area contributed by atoms with Crippen LogP contribution in [0.4, 0.5) is 5.69 Å². The Labute approximate surface area is 118 Å². The van der Waals surface area contributed by atoms with Crippen LogP contribution in [-0.4, -0.2) is 43.9 Å². The third-order valence-corrected chi connectivity index (χ3v) is 6.05. The van der Waals surface area contributed by atoms with E-state index in [0.717, 1.165) is 5.75 Å². The van der Waals surface area contributed by atoms with Gasteiger partial charge >= 0.3 is 0 Å². The molecular weight excluding hydrogens is 284 g/mol. The summed E-state index contributed by atoms with van der Waals surface area (Å²) in [5.74, 6) is 1.11. The quantitative estimate of drug-likeness (QED) is 0.855. The number of rotatable bonds is 3. The molecule has 1 aromatic rings. The first-order valence-corrected chi connectivity index (χ1v) is 8.49. The smallest absolute Gasteiger partial charge is 0.246 e. The minimum Gasteiger partial charge on any atom is -0.495 e. The Morgan fingerprint density at radius 2 is 2.21 bits per heavy atom. The number of ether oxygens (including phenoxy) is 1. The van der Waals surface area contributed by atoms with Gasteiger partial charge in [0.05, 0.1) is 7.11 Å². The van der Waals surface area contributed by atoms with Gasteiger partial charge in [0.2, 0.25) is 10.0 Å². The molecule has 0 amide bonds. The fraction of sp³-hybridized carbons (Fsp3) is 0.500. The van der Waals surface area contributed by atoms with Crippen LogP contribution < -0.4 is 10.5 Å². The summed E-state index contributed by atoms with van der Waals surface area (Å²) in [5, 5.41) is 0.309. The van der Waals surface area contributed by atoms with E-state index in [1.807, 2.05) is 6.92 Å². The lowest BCUT2D eigenvalue weighted by atomic mass is 10.3. The Balaban J connectivity index is 2.39. The molecule has 106 valence electrons. The van der Waals surface area contributed by atoms with Crippen molar-refractivity contribution in [1.29, 1.82) is 0 Å². The van der Waals surface area contributed by atoms with Crippen LogP contribution in [0.25, 0.3) is 0 Å². The SMILES string of the molecule is COc1cc(N)ccc1S(=O)(=O)N1CCSC(C)C1. The molecule has 0 spiro atoms. The van der Waals surface area contributed by atoms with E-state index in [2.05, 4.69) is 0 Å². The number of nitrogen functional groups attached to an aromatic ring is 1. The maximum atomic E-state index is 12.6. The second kappa shape index (κ2) is 5.60. The van der Waals surface area contributed by atoms with Gasteiger partial charge in [-0.15, -0.1) is 0 Å². The van der Waals surface area contributed by atoms with Crippen LogP contribution in [0.3, 0.4) is 0 Å². The predicted octanol–water partition coefficient (Wildman–Crippen LogP) is 1.40. The Morgan fingerprint density at radius 1 is 1.47 bits per heavy atom. The van der Waals surface area contributed by atoms with Crippen LogP contribution in [0.1, 0.15) is 6.92 Å². The van der Waals surface area contributed by atoms with Gasteiger partial charge in [0.15, 0.2) is 0 Å². The van der Waals surface area contributed by atoms with E-state index < -0.39 is 10.0 Å². The van der Waals surface area contributed by atoms with Crippen LogP contribution in [0, 0.1) is 0 Å². The summed E-state index contributed by atoms with van der Waals surface area (Å²) >= 11 is 1.79. The highest BCUT2D eigenvalue weighted by atomic mass is 32.2. The first kappa shape index (κ1) is 14.5. The standard InChI is InChI=1S/C12H18N2O3S2/c1-9-8-14(5-6-18-9)19(15,16)12-4-3-10(13)7-11(12)17-2/h3-4,7,9H,5-6,8,13H2,1-2H3. The molecule has 5 nitrogen and oxygen atoms in total. The van der Waals surface area contributed by atoms with Crippen molar-refractivity contribution in [2.75, 3.05) is 31.7 Å². The zero-order valence-corrected chi connectivity index (χ0v) is 12.6. The zero-order chi connectivity index (χ0) is 14.0. The number of hydrogen-bond acceptors (Lipinski definition) is 5. The molecule has 1 aliphatic rings. The van der Waals surface area contributed by atoms with E-state index in [1.54, 1.807) is 17.8 Å². The number of nitrogens with zero attached hydrogens (tertiary/aromatic N) is 1. The summed E-state index contributed by atoms with van der Waals surface area (Å²) in [6.45, 7) is 3.10. The molecule has 0 aliphatic carbocycles. The molecule has 19 heavy (non-hydrogen) atoms. The van der Waals surface area contributed by atoms with E-state index in [1.165, 1.54) is 23.5 Å². The monoisotopic (exact) mass is 302 g/mol. The number of benzene rings is 1. The fourth-order valence-electron chi connectivity index (χ4n) is 2.04. The molecule has 1 aliphatic heterocycles. The second-order valence-electron chi connectivity index (χ2n) is 4.45. The molecule has 2 rings (SSSR count). The third kappa shape index (κ3) is 2.98. The topological polar surface area (TPSA) is 72.6 Å². The second-order valence-corrected chi connectivity index (χ2v) is 7.91.